The lowest BCUT2D eigenvalue weighted by atomic mass is 10.3. The molecule has 0 unspecified atom stereocenters. The molecule has 1 fully saturated rings. The van der Waals surface area contributed by atoms with Crippen molar-refractivity contribution in [2.75, 3.05) is 43.9 Å². The van der Waals surface area contributed by atoms with E-state index in [1.165, 1.54) is 0 Å². The van der Waals surface area contributed by atoms with Gasteiger partial charge in [0.15, 0.2) is 11.5 Å². The van der Waals surface area contributed by atoms with Crippen LogP contribution in [0.15, 0.2) is 6.33 Å². The zero-order valence-electron chi connectivity index (χ0n) is 10.4. The number of hydrogen-bond acceptors (Lipinski definition) is 6. The van der Waals surface area contributed by atoms with Gasteiger partial charge in [0.1, 0.15) is 5.52 Å². The molecule has 0 aromatic carbocycles. The molecule has 1 saturated heterocycles. The van der Waals surface area contributed by atoms with E-state index >= 15 is 0 Å². The third-order valence-electron chi connectivity index (χ3n) is 3.30. The highest BCUT2D eigenvalue weighted by Gasteiger charge is 2.18. The van der Waals surface area contributed by atoms with Gasteiger partial charge in [0, 0.05) is 19.6 Å². The molecular weight excluding hydrogens is 230 g/mol. The summed E-state index contributed by atoms with van der Waals surface area (Å²) in [5.74, 6) is 1.15. The SMILES string of the molecule is CN1CCCN(c2nc(N)nc3nc[nH]c23)CC1. The van der Waals surface area contributed by atoms with Crippen molar-refractivity contribution in [1.29, 1.82) is 0 Å². The number of likely N-dealkylation sites (N-methyl/N-ethyl adjacent to an activating group) is 1. The molecule has 3 rings (SSSR count). The quantitative estimate of drug-likeness (QED) is 0.742. The van der Waals surface area contributed by atoms with Crippen LogP contribution in [0.4, 0.5) is 11.8 Å². The normalized spacial score (nSPS) is 18.2. The van der Waals surface area contributed by atoms with Crippen LogP contribution in [0.2, 0.25) is 0 Å². The molecule has 2 aromatic heterocycles. The molecule has 0 amide bonds. The molecule has 7 heteroatoms. The summed E-state index contributed by atoms with van der Waals surface area (Å²) in [5.41, 5.74) is 7.25. The Morgan fingerprint density at radius 2 is 2.11 bits per heavy atom. The molecule has 3 N–H and O–H groups in total. The second kappa shape index (κ2) is 4.41. The Kier molecular flexibility index (Phi) is 2.75. The van der Waals surface area contributed by atoms with Crippen molar-refractivity contribution in [3.05, 3.63) is 6.33 Å². The minimum Gasteiger partial charge on any atom is -0.368 e. The molecular formula is C11H17N7. The van der Waals surface area contributed by atoms with Crippen LogP contribution in [-0.2, 0) is 0 Å². The summed E-state index contributed by atoms with van der Waals surface area (Å²) >= 11 is 0. The fourth-order valence-electron chi connectivity index (χ4n) is 2.32. The average molecular weight is 247 g/mol. The molecule has 2 aromatic rings. The Morgan fingerprint density at radius 3 is 3.00 bits per heavy atom. The van der Waals surface area contributed by atoms with Gasteiger partial charge < -0.3 is 20.5 Å². The van der Waals surface area contributed by atoms with E-state index in [-0.39, 0.29) is 5.95 Å². The molecule has 0 spiro atoms. The van der Waals surface area contributed by atoms with Crippen molar-refractivity contribution < 1.29 is 0 Å². The fourth-order valence-corrected chi connectivity index (χ4v) is 2.32. The number of nitrogens with one attached hydrogen (secondary N) is 1. The number of fused-ring (bicyclic) bond motifs is 1. The van der Waals surface area contributed by atoms with Crippen LogP contribution in [0.1, 0.15) is 6.42 Å². The largest absolute Gasteiger partial charge is 0.368 e. The molecule has 96 valence electrons. The van der Waals surface area contributed by atoms with Crippen LogP contribution >= 0.6 is 0 Å². The van der Waals surface area contributed by atoms with E-state index in [1.54, 1.807) is 6.33 Å². The zero-order valence-corrected chi connectivity index (χ0v) is 10.4. The number of nitrogen functional groups attached to an aromatic ring is 1. The molecule has 0 atom stereocenters. The molecule has 0 bridgehead atoms. The first-order chi connectivity index (χ1) is 8.74. The summed E-state index contributed by atoms with van der Waals surface area (Å²) in [6.45, 7) is 4.07. The molecule has 7 nitrogen and oxygen atoms in total. The van der Waals surface area contributed by atoms with Crippen molar-refractivity contribution in [3.63, 3.8) is 0 Å². The number of nitrogens with two attached hydrogens (primary N) is 1. The first-order valence-corrected chi connectivity index (χ1v) is 6.14. The van der Waals surface area contributed by atoms with E-state index < -0.39 is 0 Å². The number of nitrogens with zero attached hydrogens (tertiary/aromatic N) is 5. The van der Waals surface area contributed by atoms with Crippen molar-refractivity contribution in [1.82, 2.24) is 24.8 Å². The third kappa shape index (κ3) is 1.97. The van der Waals surface area contributed by atoms with Crippen molar-refractivity contribution >= 4 is 22.9 Å². The first-order valence-electron chi connectivity index (χ1n) is 6.14. The maximum atomic E-state index is 5.74. The van der Waals surface area contributed by atoms with Crippen LogP contribution in [0.3, 0.4) is 0 Å². The monoisotopic (exact) mass is 247 g/mol. The van der Waals surface area contributed by atoms with Crippen LogP contribution in [0.5, 0.6) is 0 Å². The molecule has 18 heavy (non-hydrogen) atoms. The Morgan fingerprint density at radius 1 is 1.22 bits per heavy atom. The fraction of sp³-hybridized carbons (Fsp3) is 0.545. The average Bonchev–Trinajstić information content (AvgIpc) is 2.70. The van der Waals surface area contributed by atoms with Crippen LogP contribution in [0, 0.1) is 0 Å². The minimum atomic E-state index is 0.280. The predicted octanol–water partition coefficient (Wildman–Crippen LogP) is 0.0770. The minimum absolute atomic E-state index is 0.280. The Balaban J connectivity index is 1.99. The number of rotatable bonds is 1. The smallest absolute Gasteiger partial charge is 0.224 e. The first kappa shape index (κ1) is 11.2. The van der Waals surface area contributed by atoms with Gasteiger partial charge in [-0.1, -0.05) is 0 Å². The molecule has 1 aliphatic rings. The number of anilines is 2. The van der Waals surface area contributed by atoms with E-state index in [2.05, 4.69) is 36.8 Å². The Labute approximate surface area is 105 Å². The number of hydrogen-bond donors (Lipinski definition) is 2. The highest BCUT2D eigenvalue weighted by atomic mass is 15.3. The topological polar surface area (TPSA) is 87.0 Å². The third-order valence-corrected chi connectivity index (χ3v) is 3.30. The molecule has 1 aliphatic heterocycles. The standard InChI is InChI=1S/C11H17N7/c1-17-3-2-4-18(6-5-17)10-8-9(14-7-13-8)15-11(12)16-10/h7H,2-6H2,1H3,(H3,12,13,14,15,16). The highest BCUT2D eigenvalue weighted by Crippen LogP contribution is 2.22. The summed E-state index contributed by atoms with van der Waals surface area (Å²) in [4.78, 5) is 20.3. The summed E-state index contributed by atoms with van der Waals surface area (Å²) in [6.07, 6.45) is 2.75. The second-order valence-electron chi connectivity index (χ2n) is 4.65. The maximum Gasteiger partial charge on any atom is 0.224 e. The van der Waals surface area contributed by atoms with Gasteiger partial charge >= 0.3 is 0 Å². The zero-order chi connectivity index (χ0) is 12.5. The van der Waals surface area contributed by atoms with Gasteiger partial charge in [-0.05, 0) is 20.0 Å². The lowest BCUT2D eigenvalue weighted by Gasteiger charge is -2.21. The number of H-pyrrole nitrogens is 1. The molecule has 0 saturated carbocycles. The van der Waals surface area contributed by atoms with Crippen molar-refractivity contribution in [2.24, 2.45) is 0 Å². The second-order valence-corrected chi connectivity index (χ2v) is 4.65. The van der Waals surface area contributed by atoms with E-state index in [9.17, 15) is 0 Å². The molecule has 0 radical (unpaired) electrons. The number of aromatic amines is 1. The van der Waals surface area contributed by atoms with E-state index in [4.69, 9.17) is 5.73 Å². The van der Waals surface area contributed by atoms with Gasteiger partial charge in [-0.15, -0.1) is 0 Å². The highest BCUT2D eigenvalue weighted by molar-refractivity contribution is 5.84. The van der Waals surface area contributed by atoms with Crippen molar-refractivity contribution in [3.8, 4) is 0 Å². The number of imidazole rings is 1. The summed E-state index contributed by atoms with van der Waals surface area (Å²) < 4.78 is 0. The van der Waals surface area contributed by atoms with Gasteiger partial charge in [0.2, 0.25) is 5.95 Å². The van der Waals surface area contributed by atoms with Crippen LogP contribution < -0.4 is 10.6 Å². The van der Waals surface area contributed by atoms with E-state index in [0.29, 0.717) is 5.65 Å². The Hall–Kier alpha value is -1.89. The van der Waals surface area contributed by atoms with E-state index in [0.717, 1.165) is 43.9 Å². The molecule has 3 heterocycles. The Bertz CT molecular complexity index is 549. The lowest BCUT2D eigenvalue weighted by Crippen LogP contribution is -2.29. The maximum absolute atomic E-state index is 5.74. The van der Waals surface area contributed by atoms with Gasteiger partial charge in [-0.2, -0.15) is 9.97 Å². The molecule has 0 aliphatic carbocycles. The number of aromatic nitrogens is 4. The van der Waals surface area contributed by atoms with Crippen molar-refractivity contribution in [2.45, 2.75) is 6.42 Å². The van der Waals surface area contributed by atoms with Gasteiger partial charge in [0.05, 0.1) is 6.33 Å². The van der Waals surface area contributed by atoms with Gasteiger partial charge in [-0.25, -0.2) is 4.98 Å². The summed E-state index contributed by atoms with van der Waals surface area (Å²) in [7, 11) is 2.14. The van der Waals surface area contributed by atoms with Gasteiger partial charge in [-0.3, -0.25) is 0 Å². The van der Waals surface area contributed by atoms with Crippen LogP contribution in [-0.4, -0.2) is 58.1 Å². The van der Waals surface area contributed by atoms with Gasteiger partial charge in [0.25, 0.3) is 0 Å². The van der Waals surface area contributed by atoms with E-state index in [1.807, 2.05) is 0 Å². The predicted molar refractivity (Wildman–Crippen MR) is 70.4 cm³/mol. The summed E-state index contributed by atoms with van der Waals surface area (Å²) in [6, 6.07) is 0. The lowest BCUT2D eigenvalue weighted by molar-refractivity contribution is 0.360. The van der Waals surface area contributed by atoms with Crippen LogP contribution in [0.25, 0.3) is 11.2 Å². The summed E-state index contributed by atoms with van der Waals surface area (Å²) in [5, 5.41) is 0.